The minimum atomic E-state index is -1.03. The Balaban J connectivity index is 2.08. The van der Waals surface area contributed by atoms with Gasteiger partial charge in [-0.15, -0.1) is 0 Å². The van der Waals surface area contributed by atoms with Crippen molar-refractivity contribution in [3.63, 3.8) is 0 Å². The van der Waals surface area contributed by atoms with Gasteiger partial charge in [0, 0.05) is 6.07 Å². The van der Waals surface area contributed by atoms with E-state index < -0.39 is 47.3 Å². The number of primary amides is 1. The smallest absolute Gasteiger partial charge is 0.425 e. The Morgan fingerprint density at radius 2 is 1.63 bits per heavy atom. The lowest BCUT2D eigenvalue weighted by atomic mass is 10.0. The SMILES string of the molecule is C=CC(=O)N1[C@H](C(N)=O)COC[C@H]1c1cc(Cl)nc(-c2cc(N(C(=O)OC(C)(C)C)C(=O)OC(C)(C)C)ncn2)c1. The molecule has 3 heterocycles. The van der Waals surface area contributed by atoms with E-state index in [-0.39, 0.29) is 35.6 Å². The van der Waals surface area contributed by atoms with Crippen molar-refractivity contribution < 1.29 is 33.4 Å². The zero-order valence-electron chi connectivity index (χ0n) is 23.7. The zero-order valence-corrected chi connectivity index (χ0v) is 24.5. The first-order valence-corrected chi connectivity index (χ1v) is 13.0. The number of aromatic nitrogens is 3. The number of ether oxygens (including phenoxy) is 3. The van der Waals surface area contributed by atoms with Gasteiger partial charge in [-0.25, -0.2) is 24.5 Å². The van der Waals surface area contributed by atoms with E-state index in [0.717, 1.165) is 12.4 Å². The van der Waals surface area contributed by atoms with Gasteiger partial charge >= 0.3 is 12.2 Å². The molecule has 0 aromatic carbocycles. The Morgan fingerprint density at radius 3 is 2.17 bits per heavy atom. The van der Waals surface area contributed by atoms with E-state index in [9.17, 15) is 19.2 Å². The predicted molar refractivity (Wildman–Crippen MR) is 149 cm³/mol. The third-order valence-corrected chi connectivity index (χ3v) is 5.67. The van der Waals surface area contributed by atoms with Crippen molar-refractivity contribution >= 4 is 41.4 Å². The maximum absolute atomic E-state index is 13.1. The third-order valence-electron chi connectivity index (χ3n) is 5.48. The summed E-state index contributed by atoms with van der Waals surface area (Å²) < 4.78 is 16.4. The molecule has 13 nitrogen and oxygen atoms in total. The Bertz CT molecular complexity index is 1330. The highest BCUT2D eigenvalue weighted by Gasteiger charge is 2.38. The number of halogens is 1. The van der Waals surface area contributed by atoms with Crippen molar-refractivity contribution in [1.29, 1.82) is 0 Å². The Hall–Kier alpha value is -4.10. The quantitative estimate of drug-likeness (QED) is 0.400. The number of nitrogens with zero attached hydrogens (tertiary/aromatic N) is 5. The van der Waals surface area contributed by atoms with Crippen molar-refractivity contribution in [3.8, 4) is 11.4 Å². The van der Waals surface area contributed by atoms with Gasteiger partial charge in [-0.2, -0.15) is 4.90 Å². The molecule has 1 fully saturated rings. The molecule has 0 radical (unpaired) electrons. The average Bonchev–Trinajstić information content (AvgIpc) is 2.85. The third kappa shape index (κ3) is 7.98. The van der Waals surface area contributed by atoms with Crippen molar-refractivity contribution in [3.05, 3.63) is 47.9 Å². The number of pyridine rings is 1. The summed E-state index contributed by atoms with van der Waals surface area (Å²) in [6.45, 7) is 13.4. The molecule has 2 aromatic rings. The van der Waals surface area contributed by atoms with Gasteiger partial charge in [-0.05, 0) is 65.3 Å². The summed E-state index contributed by atoms with van der Waals surface area (Å²) in [7, 11) is 0. The number of rotatable bonds is 5. The molecule has 3 rings (SSSR count). The first-order chi connectivity index (χ1) is 19.0. The molecule has 0 aliphatic carbocycles. The number of imide groups is 1. The van der Waals surface area contributed by atoms with E-state index in [0.29, 0.717) is 10.5 Å². The van der Waals surface area contributed by atoms with Gasteiger partial charge in [-0.3, -0.25) is 9.59 Å². The van der Waals surface area contributed by atoms with Crippen molar-refractivity contribution in [1.82, 2.24) is 19.9 Å². The predicted octanol–water partition coefficient (Wildman–Crippen LogP) is 3.81. The molecular formula is C27H33ClN6O7. The highest BCUT2D eigenvalue weighted by atomic mass is 35.5. The van der Waals surface area contributed by atoms with Crippen LogP contribution >= 0.6 is 11.6 Å². The van der Waals surface area contributed by atoms with Crippen LogP contribution in [0.3, 0.4) is 0 Å². The minimum Gasteiger partial charge on any atom is -0.443 e. The maximum Gasteiger partial charge on any atom is 0.425 e. The maximum atomic E-state index is 13.1. The van der Waals surface area contributed by atoms with E-state index in [2.05, 4.69) is 21.5 Å². The number of amides is 4. The fourth-order valence-corrected chi connectivity index (χ4v) is 4.10. The summed E-state index contributed by atoms with van der Waals surface area (Å²) in [6.07, 6.45) is 0.198. The van der Waals surface area contributed by atoms with Crippen LogP contribution in [0.2, 0.25) is 5.15 Å². The molecule has 4 amide bonds. The molecule has 1 aliphatic rings. The molecule has 220 valence electrons. The number of anilines is 1. The number of morpholine rings is 1. The van der Waals surface area contributed by atoms with Crippen molar-refractivity contribution in [2.45, 2.75) is 64.8 Å². The van der Waals surface area contributed by atoms with E-state index in [1.54, 1.807) is 47.6 Å². The topological polar surface area (TPSA) is 167 Å². The first kappa shape index (κ1) is 31.4. The summed E-state index contributed by atoms with van der Waals surface area (Å²) >= 11 is 6.36. The molecule has 0 spiro atoms. The molecule has 0 unspecified atom stereocenters. The molecule has 41 heavy (non-hydrogen) atoms. The van der Waals surface area contributed by atoms with Crippen LogP contribution < -0.4 is 10.6 Å². The van der Waals surface area contributed by atoms with Gasteiger partial charge in [0.1, 0.15) is 28.7 Å². The molecule has 14 heteroatoms. The van der Waals surface area contributed by atoms with E-state index >= 15 is 0 Å². The molecule has 2 N–H and O–H groups in total. The van der Waals surface area contributed by atoms with Gasteiger partial charge in [0.15, 0.2) is 5.82 Å². The second-order valence-corrected chi connectivity index (χ2v) is 11.5. The summed E-state index contributed by atoms with van der Waals surface area (Å²) in [6, 6.07) is 2.65. The molecular weight excluding hydrogens is 556 g/mol. The molecule has 1 aliphatic heterocycles. The minimum absolute atomic E-state index is 0.0426. The van der Waals surface area contributed by atoms with Gasteiger partial charge in [0.05, 0.1) is 30.6 Å². The van der Waals surface area contributed by atoms with Gasteiger partial charge in [0.2, 0.25) is 11.8 Å². The Kier molecular flexibility index (Phi) is 9.34. The highest BCUT2D eigenvalue weighted by Crippen LogP contribution is 2.32. The van der Waals surface area contributed by atoms with Gasteiger partial charge in [-0.1, -0.05) is 18.2 Å². The van der Waals surface area contributed by atoms with Crippen LogP contribution in [0.1, 0.15) is 53.1 Å². The summed E-state index contributed by atoms with van der Waals surface area (Å²) in [5.74, 6) is -1.40. The fraction of sp³-hybridized carbons (Fsp3) is 0.444. The van der Waals surface area contributed by atoms with Crippen LogP contribution in [0.5, 0.6) is 0 Å². The van der Waals surface area contributed by atoms with Crippen LogP contribution in [0, 0.1) is 0 Å². The molecule has 0 bridgehead atoms. The van der Waals surface area contributed by atoms with Gasteiger partial charge < -0.3 is 24.8 Å². The number of nitrogens with two attached hydrogens (primary N) is 1. The highest BCUT2D eigenvalue weighted by molar-refractivity contribution is 6.29. The van der Waals surface area contributed by atoms with E-state index in [1.165, 1.54) is 17.0 Å². The average molecular weight is 589 g/mol. The van der Waals surface area contributed by atoms with Crippen molar-refractivity contribution in [2.24, 2.45) is 5.73 Å². The normalized spacial score (nSPS) is 17.4. The van der Waals surface area contributed by atoms with Crippen molar-refractivity contribution in [2.75, 3.05) is 18.1 Å². The summed E-state index contributed by atoms with van der Waals surface area (Å²) in [4.78, 5) is 65.5. The molecule has 1 saturated heterocycles. The monoisotopic (exact) mass is 588 g/mol. The zero-order chi connectivity index (χ0) is 30.7. The lowest BCUT2D eigenvalue weighted by Gasteiger charge is -2.40. The number of carbonyl (C=O) groups excluding carboxylic acids is 4. The van der Waals surface area contributed by atoms with E-state index in [4.69, 9.17) is 31.5 Å². The van der Waals surface area contributed by atoms with E-state index in [1.807, 2.05) is 0 Å². The standard InChI is InChI=1S/C27H33ClN6O7/c1-8-22(35)33-18(12-39-13-19(33)23(29)36)15-9-17(32-20(28)10-15)16-11-21(31-14-30-16)34(24(37)40-26(2,3)4)25(38)41-27(5,6)7/h8-11,14,18-19H,1,12-13H2,2-7H3,(H2,29,36)/t18-,19-/m0/s1. The number of hydrogen-bond acceptors (Lipinski definition) is 10. The summed E-state index contributed by atoms with van der Waals surface area (Å²) in [5, 5.41) is 0.0426. The fourth-order valence-electron chi connectivity index (χ4n) is 3.88. The van der Waals surface area contributed by atoms with Crippen LogP contribution in [-0.4, -0.2) is 74.3 Å². The first-order valence-electron chi connectivity index (χ1n) is 12.6. The lowest BCUT2D eigenvalue weighted by molar-refractivity contribution is -0.149. The lowest BCUT2D eigenvalue weighted by Crippen LogP contribution is -2.55. The number of carbonyl (C=O) groups is 4. The van der Waals surface area contributed by atoms with Gasteiger partial charge in [0.25, 0.3) is 0 Å². The second-order valence-electron chi connectivity index (χ2n) is 11.1. The Morgan fingerprint density at radius 1 is 1.02 bits per heavy atom. The number of hydrogen-bond donors (Lipinski definition) is 1. The van der Waals surface area contributed by atoms with Crippen LogP contribution in [0.15, 0.2) is 37.2 Å². The van der Waals surface area contributed by atoms with Crippen LogP contribution in [0.25, 0.3) is 11.4 Å². The largest absolute Gasteiger partial charge is 0.443 e. The van der Waals surface area contributed by atoms with Crippen LogP contribution in [0.4, 0.5) is 15.4 Å². The molecule has 2 atom stereocenters. The molecule has 2 aromatic heterocycles. The van der Waals surface area contributed by atoms with Crippen LogP contribution in [-0.2, 0) is 23.8 Å². The Labute approximate surface area is 242 Å². The second kappa shape index (κ2) is 12.2. The summed E-state index contributed by atoms with van der Waals surface area (Å²) in [5.41, 5.74) is 4.56. The molecule has 0 saturated carbocycles.